The summed E-state index contributed by atoms with van der Waals surface area (Å²) >= 11 is 2.95. The van der Waals surface area contributed by atoms with Crippen LogP contribution in [0.25, 0.3) is 0 Å². The molecule has 0 aliphatic heterocycles. The van der Waals surface area contributed by atoms with E-state index in [1.807, 2.05) is 0 Å². The highest BCUT2D eigenvalue weighted by Gasteiger charge is 2.22. The molecule has 0 aliphatic rings. The first-order chi connectivity index (χ1) is 8.52. The lowest BCUT2D eigenvalue weighted by Gasteiger charge is -2.14. The summed E-state index contributed by atoms with van der Waals surface area (Å²) in [5, 5.41) is 9.92. The molecular formula is C13H8BrF3O. The first kappa shape index (κ1) is 13.1. The fourth-order valence-corrected chi connectivity index (χ4v) is 2.04. The molecule has 0 saturated heterocycles. The van der Waals surface area contributed by atoms with Gasteiger partial charge in [0.1, 0.15) is 23.6 Å². The third-order valence-electron chi connectivity index (χ3n) is 2.55. The highest BCUT2D eigenvalue weighted by atomic mass is 79.9. The fourth-order valence-electron chi connectivity index (χ4n) is 1.66. The highest BCUT2D eigenvalue weighted by molar-refractivity contribution is 9.10. The SMILES string of the molecule is OC(c1cccc(Br)c1F)c1c(F)cccc1F. The average molecular weight is 317 g/mol. The number of hydrogen-bond acceptors (Lipinski definition) is 1. The van der Waals surface area contributed by atoms with Crippen LogP contribution in [0.2, 0.25) is 0 Å². The van der Waals surface area contributed by atoms with Crippen molar-refractivity contribution < 1.29 is 18.3 Å². The smallest absolute Gasteiger partial charge is 0.143 e. The van der Waals surface area contributed by atoms with Gasteiger partial charge in [-0.1, -0.05) is 18.2 Å². The molecule has 0 fully saturated rings. The summed E-state index contributed by atoms with van der Waals surface area (Å²) in [5.74, 6) is -2.57. The number of halogens is 4. The summed E-state index contributed by atoms with van der Waals surface area (Å²) in [6, 6.07) is 7.39. The second-order valence-electron chi connectivity index (χ2n) is 3.68. The van der Waals surface area contributed by atoms with Gasteiger partial charge in [-0.15, -0.1) is 0 Å². The van der Waals surface area contributed by atoms with Crippen molar-refractivity contribution in [1.29, 1.82) is 0 Å². The topological polar surface area (TPSA) is 20.2 Å². The molecule has 2 rings (SSSR count). The van der Waals surface area contributed by atoms with Gasteiger partial charge in [-0.25, -0.2) is 13.2 Å². The Hall–Kier alpha value is -1.33. The minimum Gasteiger partial charge on any atom is -0.383 e. The van der Waals surface area contributed by atoms with Gasteiger partial charge < -0.3 is 5.11 Å². The van der Waals surface area contributed by atoms with E-state index in [0.29, 0.717) is 0 Å². The van der Waals surface area contributed by atoms with E-state index in [1.54, 1.807) is 0 Å². The predicted octanol–water partition coefficient (Wildman–Crippen LogP) is 3.95. The highest BCUT2D eigenvalue weighted by Crippen LogP contribution is 2.30. The van der Waals surface area contributed by atoms with Crippen molar-refractivity contribution in [3.05, 3.63) is 69.4 Å². The second kappa shape index (κ2) is 5.12. The largest absolute Gasteiger partial charge is 0.383 e. The lowest BCUT2D eigenvalue weighted by atomic mass is 10.00. The molecule has 2 aromatic carbocycles. The van der Waals surface area contributed by atoms with Crippen LogP contribution in [0.1, 0.15) is 17.2 Å². The lowest BCUT2D eigenvalue weighted by Crippen LogP contribution is -2.08. The molecule has 1 nitrogen and oxygen atoms in total. The number of aliphatic hydroxyl groups excluding tert-OH is 1. The standard InChI is InChI=1S/C13H8BrF3O/c14-8-4-1-3-7(12(8)17)13(18)11-9(15)5-2-6-10(11)16/h1-6,13,18H. The molecule has 0 spiro atoms. The average Bonchev–Trinajstić information content (AvgIpc) is 2.32. The Morgan fingerprint density at radius 1 is 0.944 bits per heavy atom. The van der Waals surface area contributed by atoms with Gasteiger partial charge in [0, 0.05) is 5.56 Å². The van der Waals surface area contributed by atoms with Gasteiger partial charge in [-0.05, 0) is 34.1 Å². The monoisotopic (exact) mass is 316 g/mol. The second-order valence-corrected chi connectivity index (χ2v) is 4.54. The van der Waals surface area contributed by atoms with E-state index < -0.39 is 29.1 Å². The van der Waals surface area contributed by atoms with Gasteiger partial charge in [0.05, 0.1) is 10.0 Å². The zero-order chi connectivity index (χ0) is 13.3. The van der Waals surface area contributed by atoms with Crippen molar-refractivity contribution in [3.8, 4) is 0 Å². The van der Waals surface area contributed by atoms with Crippen molar-refractivity contribution in [1.82, 2.24) is 0 Å². The molecular weight excluding hydrogens is 309 g/mol. The third-order valence-corrected chi connectivity index (χ3v) is 3.16. The van der Waals surface area contributed by atoms with Crippen LogP contribution in [0.15, 0.2) is 40.9 Å². The molecule has 0 amide bonds. The van der Waals surface area contributed by atoms with E-state index in [0.717, 1.165) is 12.1 Å². The summed E-state index contributed by atoms with van der Waals surface area (Å²) < 4.78 is 40.8. The van der Waals surface area contributed by atoms with E-state index in [4.69, 9.17) is 0 Å². The molecule has 5 heteroatoms. The van der Waals surface area contributed by atoms with Crippen LogP contribution >= 0.6 is 15.9 Å². The fraction of sp³-hybridized carbons (Fsp3) is 0.0769. The first-order valence-corrected chi connectivity index (χ1v) is 5.87. The van der Waals surface area contributed by atoms with Crippen LogP contribution in [-0.4, -0.2) is 5.11 Å². The Morgan fingerprint density at radius 3 is 2.11 bits per heavy atom. The van der Waals surface area contributed by atoms with E-state index in [9.17, 15) is 18.3 Å². The number of rotatable bonds is 2. The van der Waals surface area contributed by atoms with Gasteiger partial charge in [0.2, 0.25) is 0 Å². The van der Waals surface area contributed by atoms with Crippen LogP contribution in [0.3, 0.4) is 0 Å². The van der Waals surface area contributed by atoms with Crippen molar-refractivity contribution in [2.45, 2.75) is 6.10 Å². The number of benzene rings is 2. The lowest BCUT2D eigenvalue weighted by molar-refractivity contribution is 0.204. The summed E-state index contributed by atoms with van der Waals surface area (Å²) in [7, 11) is 0. The molecule has 1 unspecified atom stereocenters. The Morgan fingerprint density at radius 2 is 1.50 bits per heavy atom. The Balaban J connectivity index is 2.55. The van der Waals surface area contributed by atoms with Gasteiger partial charge in [-0.3, -0.25) is 0 Å². The minimum atomic E-state index is -1.69. The van der Waals surface area contributed by atoms with Crippen molar-refractivity contribution in [3.63, 3.8) is 0 Å². The van der Waals surface area contributed by atoms with Crippen LogP contribution in [0, 0.1) is 17.5 Å². The summed E-state index contributed by atoms with van der Waals surface area (Å²) in [6.07, 6.45) is -1.69. The Labute approximate surface area is 110 Å². The van der Waals surface area contributed by atoms with Gasteiger partial charge in [0.15, 0.2) is 0 Å². The quantitative estimate of drug-likeness (QED) is 0.889. The van der Waals surface area contributed by atoms with E-state index >= 15 is 0 Å². The zero-order valence-corrected chi connectivity index (χ0v) is 10.6. The molecule has 1 atom stereocenters. The van der Waals surface area contributed by atoms with Crippen LogP contribution in [-0.2, 0) is 0 Å². The molecule has 18 heavy (non-hydrogen) atoms. The molecule has 0 aliphatic carbocycles. The molecule has 0 aromatic heterocycles. The van der Waals surface area contributed by atoms with Crippen LogP contribution in [0.5, 0.6) is 0 Å². The zero-order valence-electron chi connectivity index (χ0n) is 9.00. The molecule has 0 saturated carbocycles. The normalized spacial score (nSPS) is 12.5. The maximum atomic E-state index is 13.7. The van der Waals surface area contributed by atoms with Gasteiger partial charge >= 0.3 is 0 Å². The van der Waals surface area contributed by atoms with Crippen molar-refractivity contribution in [2.24, 2.45) is 0 Å². The molecule has 94 valence electrons. The number of hydrogen-bond donors (Lipinski definition) is 1. The van der Waals surface area contributed by atoms with Crippen molar-refractivity contribution in [2.75, 3.05) is 0 Å². The molecule has 0 bridgehead atoms. The minimum absolute atomic E-state index is 0.121. The maximum absolute atomic E-state index is 13.7. The Kier molecular flexibility index (Phi) is 3.73. The Bertz CT molecular complexity index is 566. The molecule has 1 N–H and O–H groups in total. The third kappa shape index (κ3) is 2.28. The van der Waals surface area contributed by atoms with E-state index in [1.165, 1.54) is 24.3 Å². The van der Waals surface area contributed by atoms with E-state index in [-0.39, 0.29) is 10.0 Å². The summed E-state index contributed by atoms with van der Waals surface area (Å²) in [4.78, 5) is 0. The van der Waals surface area contributed by atoms with Crippen molar-refractivity contribution >= 4 is 15.9 Å². The molecule has 0 heterocycles. The first-order valence-electron chi connectivity index (χ1n) is 5.08. The molecule has 2 aromatic rings. The predicted molar refractivity (Wildman–Crippen MR) is 64.5 cm³/mol. The van der Waals surface area contributed by atoms with E-state index in [2.05, 4.69) is 15.9 Å². The summed E-state index contributed by atoms with van der Waals surface area (Å²) in [6.45, 7) is 0. The maximum Gasteiger partial charge on any atom is 0.143 e. The summed E-state index contributed by atoms with van der Waals surface area (Å²) in [5.41, 5.74) is -0.747. The molecule has 0 radical (unpaired) electrons. The van der Waals surface area contributed by atoms with Crippen LogP contribution in [0.4, 0.5) is 13.2 Å². The van der Waals surface area contributed by atoms with Gasteiger partial charge in [0.25, 0.3) is 0 Å². The van der Waals surface area contributed by atoms with Crippen LogP contribution < -0.4 is 0 Å². The number of aliphatic hydroxyl groups is 1. The van der Waals surface area contributed by atoms with Gasteiger partial charge in [-0.2, -0.15) is 0 Å².